The van der Waals surface area contributed by atoms with Crippen LogP contribution in [0.1, 0.15) is 5.56 Å². The highest BCUT2D eigenvalue weighted by Crippen LogP contribution is 2.26. The molecule has 0 aromatic heterocycles. The van der Waals surface area contributed by atoms with E-state index in [1.165, 1.54) is 24.7 Å². The number of carbonyl (C=O) groups is 1. The van der Waals surface area contributed by atoms with Gasteiger partial charge in [-0.1, -0.05) is 6.07 Å². The lowest BCUT2D eigenvalue weighted by Gasteiger charge is -2.03. The van der Waals surface area contributed by atoms with Gasteiger partial charge in [0, 0.05) is 6.08 Å². The Balaban J connectivity index is 2.87. The SMILES string of the molecule is COc1cc(C=CC(=O)NO)ccc1O. The maximum atomic E-state index is 10.7. The zero-order valence-corrected chi connectivity index (χ0v) is 8.10. The van der Waals surface area contributed by atoms with Gasteiger partial charge in [0.25, 0.3) is 5.91 Å². The van der Waals surface area contributed by atoms with Crippen LogP contribution in [0, 0.1) is 0 Å². The van der Waals surface area contributed by atoms with E-state index >= 15 is 0 Å². The highest BCUT2D eigenvalue weighted by atomic mass is 16.5. The molecule has 0 aliphatic carbocycles. The van der Waals surface area contributed by atoms with Crippen molar-refractivity contribution in [3.8, 4) is 11.5 Å². The Labute approximate surface area is 86.6 Å². The van der Waals surface area contributed by atoms with Crippen molar-refractivity contribution in [3.05, 3.63) is 29.8 Å². The molecular weight excluding hydrogens is 198 g/mol. The summed E-state index contributed by atoms with van der Waals surface area (Å²) in [7, 11) is 1.43. The number of methoxy groups -OCH3 is 1. The first-order valence-electron chi connectivity index (χ1n) is 4.16. The van der Waals surface area contributed by atoms with Crippen molar-refractivity contribution in [2.45, 2.75) is 0 Å². The van der Waals surface area contributed by atoms with Gasteiger partial charge in [0.15, 0.2) is 11.5 Å². The summed E-state index contributed by atoms with van der Waals surface area (Å²) >= 11 is 0. The van der Waals surface area contributed by atoms with Crippen molar-refractivity contribution >= 4 is 12.0 Å². The number of rotatable bonds is 3. The molecule has 0 radical (unpaired) electrons. The first kappa shape index (κ1) is 11.1. The molecule has 1 aromatic rings. The second kappa shape index (κ2) is 5.02. The van der Waals surface area contributed by atoms with E-state index in [2.05, 4.69) is 0 Å². The third-order valence-electron chi connectivity index (χ3n) is 1.74. The van der Waals surface area contributed by atoms with Crippen LogP contribution in [-0.4, -0.2) is 23.3 Å². The number of benzene rings is 1. The molecule has 15 heavy (non-hydrogen) atoms. The Morgan fingerprint density at radius 1 is 1.53 bits per heavy atom. The highest BCUT2D eigenvalue weighted by molar-refractivity contribution is 5.90. The standard InChI is InChI=1S/C10H11NO4/c1-15-9-6-7(2-4-8(9)12)3-5-10(13)11-14/h2-6,12,14H,1H3,(H,11,13). The van der Waals surface area contributed by atoms with Crippen molar-refractivity contribution < 1.29 is 19.8 Å². The molecular formula is C10H11NO4. The van der Waals surface area contributed by atoms with Crippen molar-refractivity contribution in [1.82, 2.24) is 5.48 Å². The van der Waals surface area contributed by atoms with E-state index in [-0.39, 0.29) is 5.75 Å². The Morgan fingerprint density at radius 2 is 2.27 bits per heavy atom. The number of ether oxygens (including phenoxy) is 1. The zero-order valence-electron chi connectivity index (χ0n) is 8.10. The molecule has 0 heterocycles. The van der Waals surface area contributed by atoms with Crippen molar-refractivity contribution in [2.75, 3.05) is 7.11 Å². The van der Waals surface area contributed by atoms with Crippen molar-refractivity contribution in [3.63, 3.8) is 0 Å². The van der Waals surface area contributed by atoms with Crippen LogP contribution in [0.2, 0.25) is 0 Å². The molecule has 0 saturated heterocycles. The Kier molecular flexibility index (Phi) is 3.70. The van der Waals surface area contributed by atoms with E-state index in [0.717, 1.165) is 6.08 Å². The number of hydroxylamine groups is 1. The first-order valence-corrected chi connectivity index (χ1v) is 4.16. The summed E-state index contributed by atoms with van der Waals surface area (Å²) in [5, 5.41) is 17.5. The molecule has 0 fully saturated rings. The number of nitrogens with one attached hydrogen (secondary N) is 1. The second-order valence-corrected chi connectivity index (χ2v) is 2.74. The largest absolute Gasteiger partial charge is 0.504 e. The number of carbonyl (C=O) groups excluding carboxylic acids is 1. The fourth-order valence-corrected chi connectivity index (χ4v) is 1.01. The number of amides is 1. The average Bonchev–Trinajstić information content (AvgIpc) is 2.27. The normalized spacial score (nSPS) is 10.3. The van der Waals surface area contributed by atoms with Gasteiger partial charge in [-0.15, -0.1) is 0 Å². The fraction of sp³-hybridized carbons (Fsp3) is 0.100. The highest BCUT2D eigenvalue weighted by Gasteiger charge is 2.00. The monoisotopic (exact) mass is 209 g/mol. The van der Waals surface area contributed by atoms with E-state index in [1.54, 1.807) is 12.1 Å². The minimum Gasteiger partial charge on any atom is -0.504 e. The smallest absolute Gasteiger partial charge is 0.267 e. The molecule has 5 heteroatoms. The van der Waals surface area contributed by atoms with Crippen LogP contribution in [0.25, 0.3) is 6.08 Å². The maximum Gasteiger partial charge on any atom is 0.267 e. The Bertz CT molecular complexity index is 387. The average molecular weight is 209 g/mol. The van der Waals surface area contributed by atoms with Crippen LogP contribution < -0.4 is 10.2 Å². The lowest BCUT2D eigenvalue weighted by Crippen LogP contribution is -2.14. The van der Waals surface area contributed by atoms with E-state index in [0.29, 0.717) is 11.3 Å². The third kappa shape index (κ3) is 2.99. The predicted octanol–water partition coefficient (Wildman–Crippen LogP) is 0.919. The molecule has 0 aliphatic rings. The van der Waals surface area contributed by atoms with Gasteiger partial charge in [0.05, 0.1) is 7.11 Å². The molecule has 0 spiro atoms. The van der Waals surface area contributed by atoms with E-state index in [9.17, 15) is 9.90 Å². The third-order valence-corrected chi connectivity index (χ3v) is 1.74. The minimum atomic E-state index is -0.623. The second-order valence-electron chi connectivity index (χ2n) is 2.74. The molecule has 0 saturated carbocycles. The number of hydrogen-bond acceptors (Lipinski definition) is 4. The van der Waals surface area contributed by atoms with Crippen molar-refractivity contribution in [2.24, 2.45) is 0 Å². The molecule has 5 nitrogen and oxygen atoms in total. The summed E-state index contributed by atoms with van der Waals surface area (Å²) < 4.78 is 4.88. The van der Waals surface area contributed by atoms with Gasteiger partial charge in [-0.05, 0) is 23.8 Å². The molecule has 0 unspecified atom stereocenters. The van der Waals surface area contributed by atoms with Crippen LogP contribution in [0.4, 0.5) is 0 Å². The Hall–Kier alpha value is -2.01. The van der Waals surface area contributed by atoms with E-state index in [4.69, 9.17) is 9.94 Å². The molecule has 80 valence electrons. The van der Waals surface area contributed by atoms with Gasteiger partial charge in [0.1, 0.15) is 0 Å². The predicted molar refractivity (Wildman–Crippen MR) is 53.6 cm³/mol. The molecule has 3 N–H and O–H groups in total. The topological polar surface area (TPSA) is 78.8 Å². The molecule has 1 amide bonds. The van der Waals surface area contributed by atoms with E-state index < -0.39 is 5.91 Å². The molecule has 0 atom stereocenters. The lowest BCUT2D eigenvalue weighted by atomic mass is 10.2. The fourth-order valence-electron chi connectivity index (χ4n) is 1.01. The van der Waals surface area contributed by atoms with Crippen molar-refractivity contribution in [1.29, 1.82) is 0 Å². The van der Waals surface area contributed by atoms with Crippen LogP contribution >= 0.6 is 0 Å². The van der Waals surface area contributed by atoms with Crippen LogP contribution in [0.3, 0.4) is 0 Å². The summed E-state index contributed by atoms with van der Waals surface area (Å²) in [6.07, 6.45) is 2.64. The zero-order chi connectivity index (χ0) is 11.3. The summed E-state index contributed by atoms with van der Waals surface area (Å²) in [5.74, 6) is -0.273. The van der Waals surface area contributed by atoms with Gasteiger partial charge < -0.3 is 9.84 Å². The van der Waals surface area contributed by atoms with Gasteiger partial charge in [0.2, 0.25) is 0 Å². The quantitative estimate of drug-likeness (QED) is 0.393. The summed E-state index contributed by atoms with van der Waals surface area (Å²) in [6.45, 7) is 0. The number of aromatic hydroxyl groups is 1. The summed E-state index contributed by atoms with van der Waals surface area (Å²) in [5.41, 5.74) is 2.14. The number of hydrogen-bond donors (Lipinski definition) is 3. The Morgan fingerprint density at radius 3 is 2.87 bits per heavy atom. The van der Waals surface area contributed by atoms with Gasteiger partial charge in [-0.25, -0.2) is 5.48 Å². The number of phenolic OH excluding ortho intramolecular Hbond substituents is 1. The molecule has 1 aromatic carbocycles. The van der Waals surface area contributed by atoms with Gasteiger partial charge in [-0.2, -0.15) is 0 Å². The molecule has 0 bridgehead atoms. The van der Waals surface area contributed by atoms with Crippen LogP contribution in [-0.2, 0) is 4.79 Å². The van der Waals surface area contributed by atoms with Gasteiger partial charge in [-0.3, -0.25) is 10.0 Å². The van der Waals surface area contributed by atoms with Gasteiger partial charge >= 0.3 is 0 Å². The molecule has 1 rings (SSSR count). The van der Waals surface area contributed by atoms with E-state index in [1.807, 2.05) is 0 Å². The number of phenols is 1. The molecule has 0 aliphatic heterocycles. The minimum absolute atomic E-state index is 0.0289. The summed E-state index contributed by atoms with van der Waals surface area (Å²) in [4.78, 5) is 10.7. The lowest BCUT2D eigenvalue weighted by molar-refractivity contribution is -0.124. The van der Waals surface area contributed by atoms with Crippen LogP contribution in [0.5, 0.6) is 11.5 Å². The summed E-state index contributed by atoms with van der Waals surface area (Å²) in [6, 6.07) is 4.63. The first-order chi connectivity index (χ1) is 7.17. The maximum absolute atomic E-state index is 10.7. The van der Waals surface area contributed by atoms with Crippen LogP contribution in [0.15, 0.2) is 24.3 Å².